The van der Waals surface area contributed by atoms with Gasteiger partial charge in [0.25, 0.3) is 0 Å². The van der Waals surface area contributed by atoms with Crippen LogP contribution in [-0.4, -0.2) is 36.8 Å². The Morgan fingerprint density at radius 1 is 1.33 bits per heavy atom. The molecule has 1 unspecified atom stereocenters. The van der Waals surface area contributed by atoms with E-state index in [1.165, 1.54) is 19.3 Å². The Hall–Kier alpha value is -1.40. The maximum Gasteiger partial charge on any atom is 0.148 e. The van der Waals surface area contributed by atoms with E-state index in [1.807, 2.05) is 6.92 Å². The van der Waals surface area contributed by atoms with E-state index in [-0.39, 0.29) is 0 Å². The third kappa shape index (κ3) is 3.27. The molecule has 2 heterocycles. The number of aromatic nitrogens is 2. The highest BCUT2D eigenvalue weighted by atomic mass is 16.5. The summed E-state index contributed by atoms with van der Waals surface area (Å²) in [7, 11) is 2.10. The number of nitrogens with one attached hydrogen (secondary N) is 1. The molecule has 0 bridgehead atoms. The second-order valence-corrected chi connectivity index (χ2v) is 6.26. The highest BCUT2D eigenvalue weighted by Gasteiger charge is 2.29. The second kappa shape index (κ2) is 6.15. The van der Waals surface area contributed by atoms with Crippen molar-refractivity contribution >= 4 is 11.6 Å². The lowest BCUT2D eigenvalue weighted by molar-refractivity contribution is 0.0576. The van der Waals surface area contributed by atoms with Gasteiger partial charge in [-0.25, -0.2) is 15.8 Å². The molecule has 3 N–H and O–H groups in total. The van der Waals surface area contributed by atoms with Crippen LogP contribution >= 0.6 is 0 Å². The smallest absolute Gasteiger partial charge is 0.148 e. The molecule has 6 nitrogen and oxygen atoms in total. The molecule has 0 amide bonds. The Morgan fingerprint density at radius 3 is 2.76 bits per heavy atom. The summed E-state index contributed by atoms with van der Waals surface area (Å²) >= 11 is 0. The van der Waals surface area contributed by atoms with Gasteiger partial charge in [-0.05, 0) is 38.5 Å². The summed E-state index contributed by atoms with van der Waals surface area (Å²) in [5, 5.41) is 0. The summed E-state index contributed by atoms with van der Waals surface area (Å²) in [6.07, 6.45) is 4.76. The Balaban J connectivity index is 1.79. The van der Waals surface area contributed by atoms with Crippen molar-refractivity contribution in [3.05, 3.63) is 11.4 Å². The quantitative estimate of drug-likeness (QED) is 0.636. The van der Waals surface area contributed by atoms with Crippen LogP contribution < -0.4 is 16.2 Å². The van der Waals surface area contributed by atoms with Gasteiger partial charge in [0.2, 0.25) is 0 Å². The molecule has 0 spiro atoms. The van der Waals surface area contributed by atoms with Gasteiger partial charge < -0.3 is 15.1 Å². The molecule has 1 aliphatic carbocycles. The molecule has 0 aromatic carbocycles. The Labute approximate surface area is 126 Å². The summed E-state index contributed by atoms with van der Waals surface area (Å²) in [5.41, 5.74) is 3.73. The van der Waals surface area contributed by atoms with Crippen LogP contribution in [-0.2, 0) is 4.74 Å². The molecule has 1 atom stereocenters. The van der Waals surface area contributed by atoms with Gasteiger partial charge >= 0.3 is 0 Å². The van der Waals surface area contributed by atoms with Crippen LogP contribution in [0.3, 0.4) is 0 Å². The summed E-state index contributed by atoms with van der Waals surface area (Å²) in [5.74, 6) is 9.37. The molecule has 1 aliphatic heterocycles. The zero-order valence-electron chi connectivity index (χ0n) is 12.9. The molecule has 1 saturated heterocycles. The molecule has 2 aliphatic rings. The number of rotatable bonds is 5. The Kier molecular flexibility index (Phi) is 4.26. The lowest BCUT2D eigenvalue weighted by Gasteiger charge is -2.29. The van der Waals surface area contributed by atoms with E-state index >= 15 is 0 Å². The predicted octanol–water partition coefficient (Wildman–Crippen LogP) is 1.81. The predicted molar refractivity (Wildman–Crippen MR) is 83.4 cm³/mol. The minimum absolute atomic E-state index is 0.517. The largest absolute Gasteiger partial charge is 0.381 e. The van der Waals surface area contributed by atoms with Gasteiger partial charge in [0.05, 0.1) is 6.61 Å². The number of nitrogens with two attached hydrogens (primary N) is 1. The van der Waals surface area contributed by atoms with E-state index in [0.717, 1.165) is 49.2 Å². The van der Waals surface area contributed by atoms with Crippen molar-refractivity contribution in [3.63, 3.8) is 0 Å². The van der Waals surface area contributed by atoms with E-state index in [2.05, 4.69) is 22.4 Å². The monoisotopic (exact) mass is 291 g/mol. The first-order chi connectivity index (χ1) is 10.2. The Bertz CT molecular complexity index is 497. The number of anilines is 2. The van der Waals surface area contributed by atoms with Crippen molar-refractivity contribution in [2.24, 2.45) is 11.8 Å². The number of hydrazine groups is 1. The molecule has 1 aromatic rings. The topological polar surface area (TPSA) is 76.3 Å². The van der Waals surface area contributed by atoms with Gasteiger partial charge in [0.1, 0.15) is 17.5 Å². The lowest BCUT2D eigenvalue weighted by atomic mass is 10.0. The van der Waals surface area contributed by atoms with Crippen LogP contribution in [0.1, 0.15) is 43.0 Å². The molecule has 116 valence electrons. The van der Waals surface area contributed by atoms with Crippen molar-refractivity contribution < 1.29 is 4.74 Å². The zero-order valence-corrected chi connectivity index (χ0v) is 12.9. The van der Waals surface area contributed by atoms with E-state index in [4.69, 9.17) is 15.6 Å². The second-order valence-electron chi connectivity index (χ2n) is 6.26. The van der Waals surface area contributed by atoms with Crippen molar-refractivity contribution in [2.75, 3.05) is 37.1 Å². The van der Waals surface area contributed by atoms with Crippen molar-refractivity contribution in [3.8, 4) is 0 Å². The van der Waals surface area contributed by atoms with Crippen molar-refractivity contribution in [2.45, 2.75) is 38.5 Å². The molecular formula is C15H25N5O. The summed E-state index contributed by atoms with van der Waals surface area (Å²) in [4.78, 5) is 11.6. The number of hydrogen-bond acceptors (Lipinski definition) is 6. The van der Waals surface area contributed by atoms with Gasteiger partial charge in [0, 0.05) is 31.7 Å². The minimum Gasteiger partial charge on any atom is -0.381 e. The van der Waals surface area contributed by atoms with Gasteiger partial charge in [-0.3, -0.25) is 0 Å². The number of nitrogen functional groups attached to an aromatic ring is 1. The van der Waals surface area contributed by atoms with E-state index < -0.39 is 0 Å². The van der Waals surface area contributed by atoms with E-state index in [0.29, 0.717) is 11.8 Å². The van der Waals surface area contributed by atoms with Crippen LogP contribution in [0.15, 0.2) is 0 Å². The fraction of sp³-hybridized carbons (Fsp3) is 0.733. The zero-order chi connectivity index (χ0) is 14.8. The summed E-state index contributed by atoms with van der Waals surface area (Å²) in [6.45, 7) is 4.74. The number of ether oxygens (including phenoxy) is 1. The summed E-state index contributed by atoms with van der Waals surface area (Å²) in [6, 6.07) is 0. The van der Waals surface area contributed by atoms with Crippen LogP contribution in [0.4, 0.5) is 11.6 Å². The van der Waals surface area contributed by atoms with Crippen LogP contribution in [0.5, 0.6) is 0 Å². The number of nitrogens with zero attached hydrogens (tertiary/aromatic N) is 3. The standard InChI is InChI=1S/C15H25N5O/c1-10-13(19-16)17-14(12-5-6-12)18-15(10)20(2)8-11-4-3-7-21-9-11/h11-12H,3-9,16H2,1-2H3,(H,17,18,19). The first kappa shape index (κ1) is 14.5. The lowest BCUT2D eigenvalue weighted by Crippen LogP contribution is -2.32. The van der Waals surface area contributed by atoms with Gasteiger partial charge in [-0.15, -0.1) is 0 Å². The molecule has 3 rings (SSSR count). The molecule has 2 fully saturated rings. The van der Waals surface area contributed by atoms with Gasteiger partial charge in [0.15, 0.2) is 0 Å². The highest BCUT2D eigenvalue weighted by Crippen LogP contribution is 2.40. The van der Waals surface area contributed by atoms with Crippen LogP contribution in [0, 0.1) is 12.8 Å². The Morgan fingerprint density at radius 2 is 2.14 bits per heavy atom. The molecule has 1 aromatic heterocycles. The molecular weight excluding hydrogens is 266 g/mol. The van der Waals surface area contributed by atoms with Crippen molar-refractivity contribution in [1.82, 2.24) is 9.97 Å². The first-order valence-corrected chi connectivity index (χ1v) is 7.83. The first-order valence-electron chi connectivity index (χ1n) is 7.83. The van der Waals surface area contributed by atoms with Crippen LogP contribution in [0.25, 0.3) is 0 Å². The van der Waals surface area contributed by atoms with Gasteiger partial charge in [-0.1, -0.05) is 0 Å². The average Bonchev–Trinajstić information content (AvgIpc) is 3.33. The minimum atomic E-state index is 0.517. The molecule has 1 saturated carbocycles. The van der Waals surface area contributed by atoms with Crippen LogP contribution in [0.2, 0.25) is 0 Å². The van der Waals surface area contributed by atoms with Crippen molar-refractivity contribution in [1.29, 1.82) is 0 Å². The highest BCUT2D eigenvalue weighted by molar-refractivity contribution is 5.58. The fourth-order valence-corrected chi connectivity index (χ4v) is 2.98. The third-order valence-electron chi connectivity index (χ3n) is 4.36. The third-order valence-corrected chi connectivity index (χ3v) is 4.36. The molecule has 0 radical (unpaired) electrons. The number of hydrogen-bond donors (Lipinski definition) is 2. The fourth-order valence-electron chi connectivity index (χ4n) is 2.98. The molecule has 6 heteroatoms. The SMILES string of the molecule is Cc1c(NN)nc(C2CC2)nc1N(C)CC1CCCOC1. The summed E-state index contributed by atoms with van der Waals surface area (Å²) < 4.78 is 5.57. The molecule has 21 heavy (non-hydrogen) atoms. The normalized spacial score (nSPS) is 22.1. The van der Waals surface area contributed by atoms with E-state index in [1.54, 1.807) is 0 Å². The average molecular weight is 291 g/mol. The van der Waals surface area contributed by atoms with Gasteiger partial charge in [-0.2, -0.15) is 0 Å². The van der Waals surface area contributed by atoms with E-state index in [9.17, 15) is 0 Å². The maximum atomic E-state index is 5.61. The maximum absolute atomic E-state index is 5.61.